The Morgan fingerprint density at radius 1 is 0.539 bits per heavy atom. The van der Waals surface area contributed by atoms with Crippen LogP contribution in [0.15, 0.2) is 30.5 Å². The Bertz CT molecular complexity index is 2470. The molecule has 2 spiro atoms. The maximum absolute atomic E-state index is 13.5. The number of nitrogens with two attached hydrogens (primary N) is 1. The summed E-state index contributed by atoms with van der Waals surface area (Å²) in [6.07, 6.45) is 29.6. The average Bonchev–Trinajstić information content (AvgIpc) is 4.21. The third-order valence-corrected chi connectivity index (χ3v) is 24.8. The van der Waals surface area contributed by atoms with Gasteiger partial charge in [-0.15, -0.1) is 0 Å². The summed E-state index contributed by atoms with van der Waals surface area (Å²) in [6, 6.07) is 6.96. The van der Waals surface area contributed by atoms with E-state index >= 15 is 0 Å². The summed E-state index contributed by atoms with van der Waals surface area (Å²) in [4.78, 5) is 73.0. The molecule has 12 heteroatoms. The number of carbonyl (C=O) groups is 5. The van der Waals surface area contributed by atoms with Gasteiger partial charge in [0.15, 0.2) is 0 Å². The van der Waals surface area contributed by atoms with Crippen LogP contribution >= 0.6 is 0 Å². The molecule has 15 atom stereocenters. The second-order valence-corrected chi connectivity index (χ2v) is 29.0. The molecule has 15 unspecified atom stereocenters. The van der Waals surface area contributed by atoms with E-state index in [2.05, 4.69) is 54.3 Å². The minimum absolute atomic E-state index is 0.0257. The Labute approximate surface area is 455 Å². The summed E-state index contributed by atoms with van der Waals surface area (Å²) in [5.74, 6) is 14.3. The van der Waals surface area contributed by atoms with Gasteiger partial charge in [-0.05, 0) is 261 Å². The van der Waals surface area contributed by atoms with Crippen LogP contribution in [0.1, 0.15) is 191 Å². The molecule has 4 N–H and O–H groups in total. The Morgan fingerprint density at radius 2 is 1.07 bits per heavy atom. The van der Waals surface area contributed by atoms with E-state index in [1.807, 2.05) is 23.9 Å². The van der Waals surface area contributed by atoms with Gasteiger partial charge in [-0.1, -0.05) is 24.8 Å². The molecule has 76 heavy (non-hydrogen) atoms. The summed E-state index contributed by atoms with van der Waals surface area (Å²) in [5.41, 5.74) is 5.81. The molecule has 0 radical (unpaired) electrons. The van der Waals surface area contributed by atoms with Gasteiger partial charge in [0.05, 0.1) is 6.42 Å². The summed E-state index contributed by atoms with van der Waals surface area (Å²) >= 11 is 0. The number of carbonyl (C=O) groups excluding carboxylic acids is 5. The number of aryl methyl sites for hydroxylation is 3. The number of nitrogens with one attached hydrogen (secondary N) is 2. The fourth-order valence-electron chi connectivity index (χ4n) is 21.2. The molecule has 11 aliphatic carbocycles. The molecule has 11 aliphatic rings. The second-order valence-electron chi connectivity index (χ2n) is 29.0. The van der Waals surface area contributed by atoms with Crippen LogP contribution < -0.4 is 16.5 Å². The normalized spacial score (nSPS) is 38.5. The zero-order valence-electron chi connectivity index (χ0n) is 47.2. The Morgan fingerprint density at radius 3 is 1.63 bits per heavy atom. The van der Waals surface area contributed by atoms with E-state index in [4.69, 9.17) is 5.84 Å². The van der Waals surface area contributed by atoms with Gasteiger partial charge in [-0.2, -0.15) is 0 Å². The van der Waals surface area contributed by atoms with Gasteiger partial charge in [-0.25, -0.2) is 5.84 Å². The Balaban J connectivity index is 0.594. The minimum Gasteiger partial charge on any atom is -0.372 e. The molecule has 0 aliphatic heterocycles. The third kappa shape index (κ3) is 9.35. The van der Waals surface area contributed by atoms with Gasteiger partial charge in [0.25, 0.3) is 0 Å². The topological polar surface area (TPSA) is 148 Å². The van der Waals surface area contributed by atoms with E-state index in [1.165, 1.54) is 98.7 Å². The van der Waals surface area contributed by atoms with E-state index in [-0.39, 0.29) is 65.4 Å². The number of unbranched alkanes of at least 4 members (excludes halogenated alkanes) is 3. The molecule has 416 valence electrons. The van der Waals surface area contributed by atoms with Gasteiger partial charge >= 0.3 is 0 Å². The monoisotopic (exact) mass is 1040 g/mol. The van der Waals surface area contributed by atoms with Crippen molar-refractivity contribution >= 4 is 29.5 Å². The number of hydrazine groups is 1. The molecule has 0 heterocycles. The number of benzene rings is 1. The van der Waals surface area contributed by atoms with Crippen LogP contribution in [-0.2, 0) is 43.2 Å². The van der Waals surface area contributed by atoms with E-state index < -0.39 is 0 Å². The maximum atomic E-state index is 13.5. The first-order valence-corrected chi connectivity index (χ1v) is 31.0. The van der Waals surface area contributed by atoms with E-state index in [1.54, 1.807) is 0 Å². The van der Waals surface area contributed by atoms with Gasteiger partial charge in [0.1, 0.15) is 12.8 Å². The van der Waals surface area contributed by atoms with Crippen molar-refractivity contribution in [2.75, 3.05) is 40.8 Å². The third-order valence-electron chi connectivity index (χ3n) is 24.8. The Kier molecular flexibility index (Phi) is 13.9. The van der Waals surface area contributed by atoms with Crippen molar-refractivity contribution in [3.63, 3.8) is 0 Å². The van der Waals surface area contributed by atoms with Crippen LogP contribution in [0, 0.1) is 70.0 Å². The SMILES string of the molecule is C=C(CC(=O)N(N)CCCCc1cc(CCCCNC(=O)CC(=O)N(C)C2(C)CC3CC4CC(C2)C4C3)cc(CCCCNC(=O)CC(=O)N(C)C23CC4CC5CC(C2)C5(C4)C3)c1)N(C)C12CC3CC4CC(C1)C4(C3)C2. The number of nitrogens with zero attached hydrogens (tertiary/aromatic N) is 4. The molecule has 5 amide bonds. The molecule has 0 saturated heterocycles. The molecule has 1 aromatic rings. The zero-order valence-corrected chi connectivity index (χ0v) is 47.2. The molecule has 8 bridgehead atoms. The minimum atomic E-state index is -0.185. The summed E-state index contributed by atoms with van der Waals surface area (Å²) in [7, 11) is 6.09. The first kappa shape index (κ1) is 52.8. The van der Waals surface area contributed by atoms with Gasteiger partial charge in [0.2, 0.25) is 29.5 Å². The number of hydrogen-bond acceptors (Lipinski definition) is 7. The van der Waals surface area contributed by atoms with Crippen LogP contribution in [-0.4, -0.2) is 107 Å². The quantitative estimate of drug-likeness (QED) is 0.0291. The van der Waals surface area contributed by atoms with Gasteiger partial charge in [-0.3, -0.25) is 29.0 Å². The zero-order chi connectivity index (χ0) is 52.9. The van der Waals surface area contributed by atoms with E-state index in [0.717, 1.165) is 149 Å². The number of fused-ring (bicyclic) bond motifs is 5. The lowest BCUT2D eigenvalue weighted by molar-refractivity contribution is -0.142. The standard InChI is InChI=1S/C64H95N7O5/c1-41(68(3)61-32-46-23-50-27-52(37-61)63(50,34-46)39-61)18-59(76)71(65)17-11-8-14-44-20-42(12-6-9-15-66-55(72)29-57(74)69(4)60(2)31-45-22-48-26-49(36-60)54(48)25-45)19-43(21-44)13-7-10-16-67-56(73)30-58(75)70(5)62-33-47-24-51-28-53(38-62)64(51,35-47)40-62/h19-21,45-54H,1,6-18,22-40,65H2,2-5H3,(H,66,72)(H,67,73). The highest BCUT2D eigenvalue weighted by Crippen LogP contribution is 2.78. The van der Waals surface area contributed by atoms with E-state index in [0.29, 0.717) is 36.4 Å². The van der Waals surface area contributed by atoms with Crippen molar-refractivity contribution in [1.29, 1.82) is 0 Å². The lowest BCUT2D eigenvalue weighted by Gasteiger charge is -2.50. The summed E-state index contributed by atoms with van der Waals surface area (Å²) in [5, 5.41) is 7.55. The predicted octanol–water partition coefficient (Wildman–Crippen LogP) is 9.27. The maximum Gasteiger partial charge on any atom is 0.242 e. The fraction of sp³-hybridized carbons (Fsp3) is 0.797. The molecule has 12 nitrogen and oxygen atoms in total. The molecular formula is C64H95N7O5. The van der Waals surface area contributed by atoms with Crippen molar-refractivity contribution in [3.05, 3.63) is 47.2 Å². The summed E-state index contributed by atoms with van der Waals surface area (Å²) < 4.78 is 0. The average molecular weight is 1040 g/mol. The van der Waals surface area contributed by atoms with Gasteiger partial charge in [0, 0.05) is 63.1 Å². The second kappa shape index (κ2) is 20.0. The molecule has 11 fully saturated rings. The molecule has 1 aromatic carbocycles. The molecule has 0 aromatic heterocycles. The highest BCUT2D eigenvalue weighted by Gasteiger charge is 2.73. The van der Waals surface area contributed by atoms with Crippen LogP contribution in [0.2, 0.25) is 0 Å². The number of amides is 5. The van der Waals surface area contributed by atoms with Crippen molar-refractivity contribution in [1.82, 2.24) is 30.3 Å². The lowest BCUT2D eigenvalue weighted by Crippen LogP contribution is -2.52. The van der Waals surface area contributed by atoms with Crippen LogP contribution in [0.3, 0.4) is 0 Å². The first-order valence-electron chi connectivity index (χ1n) is 31.0. The fourth-order valence-corrected chi connectivity index (χ4v) is 21.2. The van der Waals surface area contributed by atoms with Crippen LogP contribution in [0.25, 0.3) is 0 Å². The molecule has 12 rings (SSSR count). The largest absolute Gasteiger partial charge is 0.372 e. The molecule has 11 saturated carbocycles. The molecular weight excluding hydrogens is 947 g/mol. The first-order chi connectivity index (χ1) is 36.4. The highest BCUT2D eigenvalue weighted by atomic mass is 16.2. The van der Waals surface area contributed by atoms with Gasteiger partial charge < -0.3 is 25.3 Å². The number of hydrogen-bond donors (Lipinski definition) is 3. The van der Waals surface area contributed by atoms with Crippen LogP contribution in [0.5, 0.6) is 0 Å². The lowest BCUT2D eigenvalue weighted by atomic mass is 9.56. The highest BCUT2D eigenvalue weighted by molar-refractivity contribution is 5.97. The van der Waals surface area contributed by atoms with E-state index in [9.17, 15) is 24.0 Å². The van der Waals surface area contributed by atoms with Crippen molar-refractivity contribution < 1.29 is 24.0 Å². The van der Waals surface area contributed by atoms with Crippen molar-refractivity contribution in [2.45, 2.75) is 210 Å². The van der Waals surface area contributed by atoms with Crippen molar-refractivity contribution in [2.24, 2.45) is 75.9 Å². The van der Waals surface area contributed by atoms with Crippen molar-refractivity contribution in [3.8, 4) is 0 Å². The Hall–Kier alpha value is -3.93. The summed E-state index contributed by atoms with van der Waals surface area (Å²) in [6.45, 7) is 8.31. The number of rotatable bonds is 25. The smallest absolute Gasteiger partial charge is 0.242 e. The van der Waals surface area contributed by atoms with Crippen LogP contribution in [0.4, 0.5) is 0 Å². The predicted molar refractivity (Wildman–Crippen MR) is 296 cm³/mol.